The first kappa shape index (κ1) is 14.5. The molecule has 4 heteroatoms. The molecule has 0 heterocycles. The number of hydrogen-bond donors (Lipinski definition) is 1. The molecule has 0 spiro atoms. The lowest BCUT2D eigenvalue weighted by Crippen LogP contribution is -2.21. The van der Waals surface area contributed by atoms with Gasteiger partial charge in [-0.2, -0.15) is 0 Å². The van der Waals surface area contributed by atoms with E-state index in [4.69, 9.17) is 5.73 Å². The summed E-state index contributed by atoms with van der Waals surface area (Å²) in [4.78, 5) is 21.3. The van der Waals surface area contributed by atoms with Gasteiger partial charge in [0.25, 0.3) is 0 Å². The Bertz CT molecular complexity index is 143. The van der Waals surface area contributed by atoms with Crippen LogP contribution in [-0.4, -0.2) is 31.3 Å². The zero-order chi connectivity index (χ0) is 10.9. The summed E-state index contributed by atoms with van der Waals surface area (Å²) in [6.07, 6.45) is 2.48. The molecule has 0 aromatic rings. The quantitative estimate of drug-likeness (QED) is 0.657. The summed E-state index contributed by atoms with van der Waals surface area (Å²) in [5.41, 5.74) is 5.02. The van der Waals surface area contributed by atoms with Crippen LogP contribution < -0.4 is 5.73 Å². The van der Waals surface area contributed by atoms with Crippen molar-refractivity contribution in [3.63, 3.8) is 0 Å². The lowest BCUT2D eigenvalue weighted by atomic mass is 10.0. The van der Waals surface area contributed by atoms with Gasteiger partial charge < -0.3 is 10.6 Å². The van der Waals surface area contributed by atoms with Gasteiger partial charge in [0, 0.05) is 20.0 Å². The van der Waals surface area contributed by atoms with Crippen molar-refractivity contribution in [1.29, 1.82) is 0 Å². The van der Waals surface area contributed by atoms with Crippen molar-refractivity contribution < 1.29 is 9.59 Å². The Hall–Kier alpha value is -1.06. The highest BCUT2D eigenvalue weighted by molar-refractivity contribution is 5.76. The minimum Gasteiger partial charge on any atom is -0.369 e. The van der Waals surface area contributed by atoms with Gasteiger partial charge in [-0.1, -0.05) is 13.8 Å². The van der Waals surface area contributed by atoms with Crippen molar-refractivity contribution >= 4 is 12.3 Å². The molecule has 0 bridgehead atoms. The molecule has 0 rings (SSSR count). The SMILES string of the molecule is CCC(CC)C(N)=O.CN(C)C=O. The number of hydrogen-bond acceptors (Lipinski definition) is 2. The minimum atomic E-state index is -0.171. The van der Waals surface area contributed by atoms with Gasteiger partial charge in [0.1, 0.15) is 0 Å². The molecule has 0 aliphatic rings. The third-order valence-corrected chi connectivity index (χ3v) is 1.60. The summed E-state index contributed by atoms with van der Waals surface area (Å²) in [7, 11) is 3.38. The van der Waals surface area contributed by atoms with Crippen molar-refractivity contribution in [3.8, 4) is 0 Å². The largest absolute Gasteiger partial charge is 0.369 e. The summed E-state index contributed by atoms with van der Waals surface area (Å²) in [6.45, 7) is 3.94. The second kappa shape index (κ2) is 9.03. The van der Waals surface area contributed by atoms with Crippen molar-refractivity contribution in [3.05, 3.63) is 0 Å². The lowest BCUT2D eigenvalue weighted by Gasteiger charge is -2.04. The van der Waals surface area contributed by atoms with Gasteiger partial charge in [-0.05, 0) is 12.8 Å². The molecule has 2 amide bonds. The molecule has 78 valence electrons. The number of carbonyl (C=O) groups is 2. The van der Waals surface area contributed by atoms with Crippen LogP contribution in [0.1, 0.15) is 26.7 Å². The van der Waals surface area contributed by atoms with E-state index in [-0.39, 0.29) is 11.8 Å². The fraction of sp³-hybridized carbons (Fsp3) is 0.778. The van der Waals surface area contributed by atoms with Crippen LogP contribution in [-0.2, 0) is 9.59 Å². The number of amides is 2. The average Bonchev–Trinajstić information content (AvgIpc) is 2.07. The van der Waals surface area contributed by atoms with Crippen molar-refractivity contribution in [2.45, 2.75) is 26.7 Å². The van der Waals surface area contributed by atoms with Crippen LogP contribution >= 0.6 is 0 Å². The summed E-state index contributed by atoms with van der Waals surface area (Å²) >= 11 is 0. The van der Waals surface area contributed by atoms with Crippen LogP contribution in [0.25, 0.3) is 0 Å². The maximum atomic E-state index is 10.4. The van der Waals surface area contributed by atoms with Crippen LogP contribution in [0.15, 0.2) is 0 Å². The number of rotatable bonds is 4. The maximum Gasteiger partial charge on any atom is 0.220 e. The highest BCUT2D eigenvalue weighted by Crippen LogP contribution is 2.04. The van der Waals surface area contributed by atoms with Crippen LogP contribution in [0, 0.1) is 5.92 Å². The molecule has 0 saturated carbocycles. The van der Waals surface area contributed by atoms with Gasteiger partial charge >= 0.3 is 0 Å². The molecule has 0 saturated heterocycles. The van der Waals surface area contributed by atoms with Gasteiger partial charge in [0.15, 0.2) is 0 Å². The molecule has 0 radical (unpaired) electrons. The molecule has 0 aliphatic carbocycles. The van der Waals surface area contributed by atoms with Gasteiger partial charge in [-0.15, -0.1) is 0 Å². The molecule has 0 unspecified atom stereocenters. The first-order chi connectivity index (χ1) is 5.99. The fourth-order valence-corrected chi connectivity index (χ4v) is 0.691. The highest BCUT2D eigenvalue weighted by atomic mass is 16.1. The molecule has 0 atom stereocenters. The van der Waals surface area contributed by atoms with E-state index in [1.54, 1.807) is 14.1 Å². The summed E-state index contributed by atoms with van der Waals surface area (Å²) < 4.78 is 0. The van der Waals surface area contributed by atoms with E-state index in [1.165, 1.54) is 4.90 Å². The molecule has 0 aromatic carbocycles. The number of nitrogens with zero attached hydrogens (tertiary/aromatic N) is 1. The van der Waals surface area contributed by atoms with Gasteiger partial charge in [-0.25, -0.2) is 0 Å². The normalized spacial score (nSPS) is 8.69. The van der Waals surface area contributed by atoms with Crippen LogP contribution in [0.3, 0.4) is 0 Å². The van der Waals surface area contributed by atoms with Crippen LogP contribution in [0.2, 0.25) is 0 Å². The highest BCUT2D eigenvalue weighted by Gasteiger charge is 2.07. The fourth-order valence-electron chi connectivity index (χ4n) is 0.691. The molecule has 13 heavy (non-hydrogen) atoms. The second-order valence-electron chi connectivity index (χ2n) is 2.98. The second-order valence-corrected chi connectivity index (χ2v) is 2.98. The Morgan fingerprint density at radius 3 is 1.69 bits per heavy atom. The number of primary amides is 1. The lowest BCUT2D eigenvalue weighted by molar-refractivity contribution is -0.122. The molecule has 2 N–H and O–H groups in total. The molecule has 0 aliphatic heterocycles. The Morgan fingerprint density at radius 2 is 1.69 bits per heavy atom. The zero-order valence-electron chi connectivity index (χ0n) is 8.91. The first-order valence-corrected chi connectivity index (χ1v) is 4.40. The van der Waals surface area contributed by atoms with E-state index in [2.05, 4.69) is 0 Å². The molecule has 4 nitrogen and oxygen atoms in total. The van der Waals surface area contributed by atoms with Crippen LogP contribution in [0.4, 0.5) is 0 Å². The van der Waals surface area contributed by atoms with Gasteiger partial charge in [-0.3, -0.25) is 9.59 Å². The number of nitrogens with two attached hydrogens (primary N) is 1. The summed E-state index contributed by atoms with van der Waals surface area (Å²) in [5.74, 6) is -0.0787. The Morgan fingerprint density at radius 1 is 1.38 bits per heavy atom. The van der Waals surface area contributed by atoms with Crippen molar-refractivity contribution in [2.24, 2.45) is 11.7 Å². The summed E-state index contributed by atoms with van der Waals surface area (Å²) in [6, 6.07) is 0. The molecule has 0 aromatic heterocycles. The average molecular weight is 188 g/mol. The Labute approximate surface area is 80.1 Å². The van der Waals surface area contributed by atoms with Crippen molar-refractivity contribution in [2.75, 3.05) is 14.1 Å². The van der Waals surface area contributed by atoms with E-state index in [1.807, 2.05) is 13.8 Å². The molecular weight excluding hydrogens is 168 g/mol. The van der Waals surface area contributed by atoms with E-state index in [0.717, 1.165) is 19.3 Å². The standard InChI is InChI=1S/C6H13NO.C3H7NO/c1-3-5(4-2)6(7)8;1-4(2)3-5/h5H,3-4H2,1-2H3,(H2,7,8);3H,1-2H3. The third kappa shape index (κ3) is 10.9. The topological polar surface area (TPSA) is 63.4 Å². The minimum absolute atomic E-state index is 0.0926. The zero-order valence-corrected chi connectivity index (χ0v) is 8.91. The van der Waals surface area contributed by atoms with E-state index >= 15 is 0 Å². The van der Waals surface area contributed by atoms with Gasteiger partial charge in [0.05, 0.1) is 0 Å². The monoisotopic (exact) mass is 188 g/mol. The van der Waals surface area contributed by atoms with E-state index < -0.39 is 0 Å². The summed E-state index contributed by atoms with van der Waals surface area (Å²) in [5, 5.41) is 0. The predicted molar refractivity (Wildman–Crippen MR) is 53.0 cm³/mol. The predicted octanol–water partition coefficient (Wildman–Crippen LogP) is 0.612. The van der Waals surface area contributed by atoms with E-state index in [9.17, 15) is 9.59 Å². The first-order valence-electron chi connectivity index (χ1n) is 4.40. The van der Waals surface area contributed by atoms with E-state index in [0.29, 0.717) is 0 Å². The van der Waals surface area contributed by atoms with Crippen molar-refractivity contribution in [1.82, 2.24) is 4.90 Å². The van der Waals surface area contributed by atoms with Gasteiger partial charge in [0.2, 0.25) is 12.3 Å². The Balaban J connectivity index is 0. The van der Waals surface area contributed by atoms with Crippen LogP contribution in [0.5, 0.6) is 0 Å². The number of carbonyl (C=O) groups excluding carboxylic acids is 2. The molecule has 0 fully saturated rings. The molecular formula is C9H20N2O2. The smallest absolute Gasteiger partial charge is 0.220 e. The maximum absolute atomic E-state index is 10.4. The third-order valence-electron chi connectivity index (χ3n) is 1.60. The Kier molecular flexibility index (Phi) is 10.0.